The Bertz CT molecular complexity index is 567. The molecule has 0 saturated carbocycles. The normalized spacial score (nSPS) is 11.4. The van der Waals surface area contributed by atoms with E-state index in [0.29, 0.717) is 11.7 Å². The van der Waals surface area contributed by atoms with E-state index in [4.69, 9.17) is 0 Å². The fraction of sp³-hybridized carbons (Fsp3) is 0.500. The Morgan fingerprint density at radius 2 is 2.05 bits per heavy atom. The molecule has 0 fully saturated rings. The summed E-state index contributed by atoms with van der Waals surface area (Å²) in [5, 5.41) is 11.7. The summed E-state index contributed by atoms with van der Waals surface area (Å²) in [5.74, 6) is 1.04. The Morgan fingerprint density at radius 3 is 2.57 bits per heavy atom. The molecule has 0 atom stereocenters. The molecule has 114 valence electrons. The summed E-state index contributed by atoms with van der Waals surface area (Å²) in [6.07, 6.45) is 1.85. The van der Waals surface area contributed by atoms with Crippen LogP contribution < -0.4 is 4.90 Å². The van der Waals surface area contributed by atoms with Crippen molar-refractivity contribution in [2.75, 3.05) is 4.90 Å². The Hall–Kier alpha value is -1.46. The van der Waals surface area contributed by atoms with Gasteiger partial charge in [0.2, 0.25) is 0 Å². The van der Waals surface area contributed by atoms with Crippen LogP contribution in [0.25, 0.3) is 0 Å². The maximum absolute atomic E-state index is 9.67. The number of aliphatic hydroxyl groups is 1. The lowest BCUT2D eigenvalue weighted by Crippen LogP contribution is -2.31. The van der Waals surface area contributed by atoms with Gasteiger partial charge >= 0.3 is 0 Å². The van der Waals surface area contributed by atoms with Crippen molar-refractivity contribution < 1.29 is 5.11 Å². The standard InChI is InChI=1S/C16H23N3OS/c1-11(2)16-17-8-15(14(10-20)18-16)19(12(3)4)9-13-6-5-7-21-13/h5-8,11-12,20H,9-10H2,1-4H3. The van der Waals surface area contributed by atoms with Crippen LogP contribution in [0, 0.1) is 0 Å². The summed E-state index contributed by atoms with van der Waals surface area (Å²) in [4.78, 5) is 12.5. The first kappa shape index (κ1) is 15.9. The molecule has 5 heteroatoms. The molecule has 0 amide bonds. The molecule has 0 unspecified atom stereocenters. The van der Waals surface area contributed by atoms with Crippen LogP contribution in [-0.2, 0) is 13.2 Å². The zero-order valence-electron chi connectivity index (χ0n) is 13.1. The molecule has 0 aliphatic carbocycles. The third kappa shape index (κ3) is 3.80. The summed E-state index contributed by atoms with van der Waals surface area (Å²) < 4.78 is 0. The van der Waals surface area contributed by atoms with Crippen molar-refractivity contribution in [2.24, 2.45) is 0 Å². The monoisotopic (exact) mass is 305 g/mol. The van der Waals surface area contributed by atoms with Crippen molar-refractivity contribution in [3.8, 4) is 0 Å². The van der Waals surface area contributed by atoms with E-state index in [9.17, 15) is 5.11 Å². The fourth-order valence-electron chi connectivity index (χ4n) is 2.18. The van der Waals surface area contributed by atoms with E-state index >= 15 is 0 Å². The van der Waals surface area contributed by atoms with Gasteiger partial charge in [0, 0.05) is 16.8 Å². The predicted octanol–water partition coefficient (Wildman–Crippen LogP) is 3.57. The zero-order valence-corrected chi connectivity index (χ0v) is 13.9. The van der Waals surface area contributed by atoms with E-state index in [-0.39, 0.29) is 12.5 Å². The average molecular weight is 305 g/mol. The second-order valence-electron chi connectivity index (χ2n) is 5.67. The smallest absolute Gasteiger partial charge is 0.131 e. The van der Waals surface area contributed by atoms with Crippen molar-refractivity contribution in [3.05, 3.63) is 40.1 Å². The molecule has 2 aromatic rings. The van der Waals surface area contributed by atoms with Crippen LogP contribution in [-0.4, -0.2) is 21.1 Å². The highest BCUT2D eigenvalue weighted by Gasteiger charge is 2.18. The lowest BCUT2D eigenvalue weighted by molar-refractivity contribution is 0.276. The summed E-state index contributed by atoms with van der Waals surface area (Å²) in [6, 6.07) is 4.50. The highest BCUT2D eigenvalue weighted by Crippen LogP contribution is 2.25. The highest BCUT2D eigenvalue weighted by molar-refractivity contribution is 7.09. The van der Waals surface area contributed by atoms with Crippen LogP contribution in [0.4, 0.5) is 5.69 Å². The second kappa shape index (κ2) is 7.00. The van der Waals surface area contributed by atoms with E-state index in [1.54, 1.807) is 11.3 Å². The van der Waals surface area contributed by atoms with E-state index in [2.05, 4.69) is 60.1 Å². The van der Waals surface area contributed by atoms with E-state index < -0.39 is 0 Å². The highest BCUT2D eigenvalue weighted by atomic mass is 32.1. The van der Waals surface area contributed by atoms with Crippen molar-refractivity contribution >= 4 is 17.0 Å². The van der Waals surface area contributed by atoms with E-state index in [0.717, 1.165) is 18.1 Å². The summed E-state index contributed by atoms with van der Waals surface area (Å²) in [6.45, 7) is 9.15. The van der Waals surface area contributed by atoms with Crippen LogP contribution in [0.15, 0.2) is 23.7 Å². The minimum absolute atomic E-state index is 0.0643. The Morgan fingerprint density at radius 1 is 1.29 bits per heavy atom. The maximum Gasteiger partial charge on any atom is 0.131 e. The number of hydrogen-bond donors (Lipinski definition) is 1. The predicted molar refractivity (Wildman–Crippen MR) is 87.7 cm³/mol. The van der Waals surface area contributed by atoms with Gasteiger partial charge in [-0.05, 0) is 25.3 Å². The van der Waals surface area contributed by atoms with Crippen molar-refractivity contribution in [1.82, 2.24) is 9.97 Å². The number of rotatable bonds is 6. The first-order valence-corrected chi connectivity index (χ1v) is 8.16. The van der Waals surface area contributed by atoms with Crippen LogP contribution in [0.3, 0.4) is 0 Å². The molecule has 2 rings (SSSR count). The SMILES string of the molecule is CC(C)c1ncc(N(Cc2cccs2)C(C)C)c(CO)n1. The molecule has 0 aliphatic heterocycles. The topological polar surface area (TPSA) is 49.2 Å². The molecule has 21 heavy (non-hydrogen) atoms. The molecule has 0 aliphatic rings. The molecule has 4 nitrogen and oxygen atoms in total. The van der Waals surface area contributed by atoms with Crippen molar-refractivity contribution in [1.29, 1.82) is 0 Å². The summed E-state index contributed by atoms with van der Waals surface area (Å²) in [5.41, 5.74) is 1.63. The number of aromatic nitrogens is 2. The van der Waals surface area contributed by atoms with Crippen LogP contribution in [0.2, 0.25) is 0 Å². The average Bonchev–Trinajstić information content (AvgIpc) is 2.96. The van der Waals surface area contributed by atoms with E-state index in [1.165, 1.54) is 4.88 Å². The maximum atomic E-state index is 9.67. The van der Waals surface area contributed by atoms with Crippen molar-refractivity contribution in [2.45, 2.75) is 52.8 Å². The largest absolute Gasteiger partial charge is 0.390 e. The Kier molecular flexibility index (Phi) is 5.31. The Labute approximate surface area is 130 Å². The molecule has 0 aromatic carbocycles. The van der Waals surface area contributed by atoms with Crippen molar-refractivity contribution in [3.63, 3.8) is 0 Å². The van der Waals surface area contributed by atoms with Crippen LogP contribution >= 0.6 is 11.3 Å². The number of anilines is 1. The number of nitrogens with zero attached hydrogens (tertiary/aromatic N) is 3. The second-order valence-corrected chi connectivity index (χ2v) is 6.71. The molecular formula is C16H23N3OS. The van der Waals surface area contributed by atoms with Gasteiger partial charge in [-0.1, -0.05) is 19.9 Å². The Balaban J connectivity index is 2.35. The molecule has 2 heterocycles. The third-order valence-corrected chi connectivity index (χ3v) is 4.23. The third-order valence-electron chi connectivity index (χ3n) is 3.37. The quantitative estimate of drug-likeness (QED) is 0.886. The van der Waals surface area contributed by atoms with Gasteiger partial charge in [-0.3, -0.25) is 0 Å². The minimum atomic E-state index is -0.0643. The van der Waals surface area contributed by atoms with Gasteiger partial charge < -0.3 is 10.0 Å². The molecule has 0 bridgehead atoms. The van der Waals surface area contributed by atoms with Gasteiger partial charge in [-0.25, -0.2) is 9.97 Å². The van der Waals surface area contributed by atoms with Gasteiger partial charge in [0.05, 0.1) is 30.7 Å². The van der Waals surface area contributed by atoms with E-state index in [1.807, 2.05) is 6.20 Å². The summed E-state index contributed by atoms with van der Waals surface area (Å²) in [7, 11) is 0. The number of thiophene rings is 1. The molecule has 0 spiro atoms. The van der Waals surface area contributed by atoms with Gasteiger partial charge in [-0.2, -0.15) is 0 Å². The molecule has 1 N–H and O–H groups in total. The first-order chi connectivity index (χ1) is 10.0. The van der Waals surface area contributed by atoms with Gasteiger partial charge in [0.25, 0.3) is 0 Å². The molecule has 0 radical (unpaired) electrons. The van der Waals surface area contributed by atoms with Gasteiger partial charge in [0.15, 0.2) is 0 Å². The van der Waals surface area contributed by atoms with Gasteiger partial charge in [-0.15, -0.1) is 11.3 Å². The summed E-state index contributed by atoms with van der Waals surface area (Å²) >= 11 is 1.74. The van der Waals surface area contributed by atoms with Crippen LogP contribution in [0.5, 0.6) is 0 Å². The number of aliphatic hydroxyl groups excluding tert-OH is 1. The molecule has 0 saturated heterocycles. The lowest BCUT2D eigenvalue weighted by atomic mass is 10.2. The minimum Gasteiger partial charge on any atom is -0.390 e. The molecular weight excluding hydrogens is 282 g/mol. The number of hydrogen-bond acceptors (Lipinski definition) is 5. The first-order valence-electron chi connectivity index (χ1n) is 7.28. The fourth-order valence-corrected chi connectivity index (χ4v) is 2.88. The van der Waals surface area contributed by atoms with Crippen LogP contribution in [0.1, 0.15) is 50.0 Å². The lowest BCUT2D eigenvalue weighted by Gasteiger charge is -2.29. The van der Waals surface area contributed by atoms with Gasteiger partial charge in [0.1, 0.15) is 5.82 Å². The molecule has 2 aromatic heterocycles. The zero-order chi connectivity index (χ0) is 15.4.